The van der Waals surface area contributed by atoms with Gasteiger partial charge in [0.1, 0.15) is 0 Å². The number of non-ortho nitro benzene ring substituents is 2. The third-order valence-corrected chi connectivity index (χ3v) is 5.39. The molecular formula is C23H27N5O6. The summed E-state index contributed by atoms with van der Waals surface area (Å²) < 4.78 is 0. The summed E-state index contributed by atoms with van der Waals surface area (Å²) in [4.78, 5) is 49.5. The fourth-order valence-corrected chi connectivity index (χ4v) is 3.68. The zero-order chi connectivity index (χ0) is 25.0. The topological polar surface area (TPSA) is 139 Å². The Morgan fingerprint density at radius 3 is 1.91 bits per heavy atom. The quantitative estimate of drug-likeness (QED) is 0.501. The maximum absolute atomic E-state index is 12.5. The first-order chi connectivity index (χ1) is 15.9. The van der Waals surface area contributed by atoms with Crippen molar-refractivity contribution < 1.29 is 19.4 Å². The number of nitro benzene ring substituents is 2. The first kappa shape index (κ1) is 24.6. The van der Waals surface area contributed by atoms with E-state index >= 15 is 0 Å². The van der Waals surface area contributed by atoms with Crippen molar-refractivity contribution in [2.24, 2.45) is 5.41 Å². The molecule has 1 aliphatic heterocycles. The molecule has 0 radical (unpaired) electrons. The maximum Gasteiger partial charge on any atom is 0.277 e. The van der Waals surface area contributed by atoms with E-state index in [1.54, 1.807) is 12.1 Å². The normalized spacial score (nSPS) is 14.0. The van der Waals surface area contributed by atoms with Gasteiger partial charge < -0.3 is 15.1 Å². The molecule has 11 nitrogen and oxygen atoms in total. The summed E-state index contributed by atoms with van der Waals surface area (Å²) in [5, 5.41) is 24.7. The molecule has 34 heavy (non-hydrogen) atoms. The number of nitrogens with zero attached hydrogens (tertiary/aromatic N) is 4. The molecule has 2 aromatic rings. The maximum atomic E-state index is 12.5. The van der Waals surface area contributed by atoms with Crippen molar-refractivity contribution in [3.63, 3.8) is 0 Å². The second-order valence-corrected chi connectivity index (χ2v) is 9.36. The molecule has 0 saturated carbocycles. The molecule has 2 amide bonds. The standard InChI is InChI=1S/C23H27N5O6/c1-23(2,3)15-21(29)26-10-8-25(9-11-26)18-6-4-17(5-7-18)24-22(30)16-12-19(27(31)32)14-20(13-16)28(33)34/h4-7,12-14H,8-11,15H2,1-3H3,(H,24,30). The van der Waals surface area contributed by atoms with Gasteiger partial charge in [0.2, 0.25) is 5.91 Å². The van der Waals surface area contributed by atoms with Gasteiger partial charge in [-0.2, -0.15) is 0 Å². The molecule has 0 spiro atoms. The van der Waals surface area contributed by atoms with Crippen molar-refractivity contribution in [3.05, 3.63) is 68.3 Å². The van der Waals surface area contributed by atoms with Crippen LogP contribution in [0, 0.1) is 25.6 Å². The van der Waals surface area contributed by atoms with Crippen LogP contribution in [0.3, 0.4) is 0 Å². The van der Waals surface area contributed by atoms with E-state index in [0.717, 1.165) is 23.9 Å². The Labute approximate surface area is 196 Å². The van der Waals surface area contributed by atoms with Gasteiger partial charge in [-0.15, -0.1) is 0 Å². The molecule has 1 N–H and O–H groups in total. The van der Waals surface area contributed by atoms with Gasteiger partial charge in [-0.05, 0) is 29.7 Å². The van der Waals surface area contributed by atoms with Crippen LogP contribution in [-0.4, -0.2) is 52.7 Å². The molecule has 0 unspecified atom stereocenters. The summed E-state index contributed by atoms with van der Waals surface area (Å²) in [5.74, 6) is -0.530. The van der Waals surface area contributed by atoms with Crippen LogP contribution in [-0.2, 0) is 4.79 Å². The fourth-order valence-electron chi connectivity index (χ4n) is 3.68. The molecule has 2 aromatic carbocycles. The largest absolute Gasteiger partial charge is 0.368 e. The van der Waals surface area contributed by atoms with Crippen molar-refractivity contribution in [1.29, 1.82) is 0 Å². The van der Waals surface area contributed by atoms with Gasteiger partial charge in [-0.1, -0.05) is 20.8 Å². The van der Waals surface area contributed by atoms with Gasteiger partial charge in [-0.3, -0.25) is 29.8 Å². The number of carbonyl (C=O) groups is 2. The van der Waals surface area contributed by atoms with E-state index in [2.05, 4.69) is 10.2 Å². The van der Waals surface area contributed by atoms with Gasteiger partial charge in [-0.25, -0.2) is 0 Å². The molecule has 1 aliphatic rings. The zero-order valence-electron chi connectivity index (χ0n) is 19.3. The molecule has 11 heteroatoms. The molecule has 1 saturated heterocycles. The Balaban J connectivity index is 1.63. The minimum absolute atomic E-state index is 0.0515. The van der Waals surface area contributed by atoms with E-state index in [9.17, 15) is 29.8 Å². The third kappa shape index (κ3) is 6.27. The molecule has 1 fully saturated rings. The Bertz CT molecular complexity index is 1070. The van der Waals surface area contributed by atoms with E-state index < -0.39 is 27.1 Å². The monoisotopic (exact) mass is 469 g/mol. The Kier molecular flexibility index (Phi) is 7.14. The predicted molar refractivity (Wildman–Crippen MR) is 127 cm³/mol. The molecular weight excluding hydrogens is 442 g/mol. The lowest BCUT2D eigenvalue weighted by Gasteiger charge is -2.37. The smallest absolute Gasteiger partial charge is 0.277 e. The zero-order valence-corrected chi connectivity index (χ0v) is 19.3. The summed E-state index contributed by atoms with van der Waals surface area (Å²) >= 11 is 0. The van der Waals surface area contributed by atoms with Crippen LogP contribution in [0.25, 0.3) is 0 Å². The summed E-state index contributed by atoms with van der Waals surface area (Å²) in [6.07, 6.45) is 0.509. The minimum Gasteiger partial charge on any atom is -0.368 e. The number of nitrogens with one attached hydrogen (secondary N) is 1. The van der Waals surface area contributed by atoms with E-state index in [4.69, 9.17) is 0 Å². The van der Waals surface area contributed by atoms with Crippen molar-refractivity contribution >= 4 is 34.6 Å². The number of nitro groups is 2. The number of hydrogen-bond donors (Lipinski definition) is 1. The van der Waals surface area contributed by atoms with E-state index in [0.29, 0.717) is 38.3 Å². The summed E-state index contributed by atoms with van der Waals surface area (Å²) in [6.45, 7) is 8.79. The van der Waals surface area contributed by atoms with Crippen molar-refractivity contribution in [1.82, 2.24) is 4.90 Å². The van der Waals surface area contributed by atoms with Gasteiger partial charge in [0.15, 0.2) is 0 Å². The lowest BCUT2D eigenvalue weighted by atomic mass is 9.91. The Morgan fingerprint density at radius 2 is 1.44 bits per heavy atom. The van der Waals surface area contributed by atoms with Gasteiger partial charge >= 0.3 is 0 Å². The molecule has 3 rings (SSSR count). The highest BCUT2D eigenvalue weighted by Crippen LogP contribution is 2.25. The Hall–Kier alpha value is -4.02. The second kappa shape index (κ2) is 9.86. The van der Waals surface area contributed by atoms with Gasteiger partial charge in [0, 0.05) is 56.1 Å². The van der Waals surface area contributed by atoms with Crippen LogP contribution >= 0.6 is 0 Å². The number of amides is 2. The van der Waals surface area contributed by atoms with Crippen LogP contribution in [0.1, 0.15) is 37.6 Å². The average molecular weight is 469 g/mol. The first-order valence-electron chi connectivity index (χ1n) is 10.8. The summed E-state index contributed by atoms with van der Waals surface area (Å²) in [7, 11) is 0. The molecule has 0 aromatic heterocycles. The van der Waals surface area contributed by atoms with Crippen molar-refractivity contribution in [2.45, 2.75) is 27.2 Å². The van der Waals surface area contributed by atoms with Crippen molar-refractivity contribution in [2.75, 3.05) is 36.4 Å². The van der Waals surface area contributed by atoms with E-state index in [1.807, 2.05) is 37.8 Å². The number of anilines is 2. The van der Waals surface area contributed by atoms with Crippen LogP contribution in [0.4, 0.5) is 22.7 Å². The van der Waals surface area contributed by atoms with Gasteiger partial charge in [0.05, 0.1) is 21.5 Å². The SMILES string of the molecule is CC(C)(C)CC(=O)N1CCN(c2ccc(NC(=O)c3cc([N+](=O)[O-])cc([N+](=O)[O-])c3)cc2)CC1. The van der Waals surface area contributed by atoms with Gasteiger partial charge in [0.25, 0.3) is 17.3 Å². The second-order valence-electron chi connectivity index (χ2n) is 9.36. The fraction of sp³-hybridized carbons (Fsp3) is 0.391. The van der Waals surface area contributed by atoms with Crippen LogP contribution < -0.4 is 10.2 Å². The number of benzene rings is 2. The molecule has 1 heterocycles. The Morgan fingerprint density at radius 1 is 0.912 bits per heavy atom. The summed E-state index contributed by atoms with van der Waals surface area (Å²) in [5.41, 5.74) is 0.0869. The van der Waals surface area contributed by atoms with Crippen LogP contribution in [0.2, 0.25) is 0 Å². The average Bonchev–Trinajstić information content (AvgIpc) is 2.78. The lowest BCUT2D eigenvalue weighted by molar-refractivity contribution is -0.394. The first-order valence-corrected chi connectivity index (χ1v) is 10.8. The number of piperazine rings is 1. The number of rotatable bonds is 6. The highest BCUT2D eigenvalue weighted by atomic mass is 16.6. The van der Waals surface area contributed by atoms with E-state index in [-0.39, 0.29) is 16.9 Å². The molecule has 0 bridgehead atoms. The number of hydrogen-bond acceptors (Lipinski definition) is 7. The van der Waals surface area contributed by atoms with E-state index in [1.165, 1.54) is 0 Å². The number of carbonyl (C=O) groups excluding carboxylic acids is 2. The predicted octanol–water partition coefficient (Wildman–Crippen LogP) is 3.84. The molecule has 0 aliphatic carbocycles. The van der Waals surface area contributed by atoms with Crippen molar-refractivity contribution in [3.8, 4) is 0 Å². The minimum atomic E-state index is -0.783. The molecule has 0 atom stereocenters. The third-order valence-electron chi connectivity index (χ3n) is 5.39. The molecule has 180 valence electrons. The summed E-state index contributed by atoms with van der Waals surface area (Å²) in [6, 6.07) is 9.85. The highest BCUT2D eigenvalue weighted by molar-refractivity contribution is 6.05. The lowest BCUT2D eigenvalue weighted by Crippen LogP contribution is -2.49. The van der Waals surface area contributed by atoms with Crippen LogP contribution in [0.15, 0.2) is 42.5 Å². The van der Waals surface area contributed by atoms with Crippen LogP contribution in [0.5, 0.6) is 0 Å². The highest BCUT2D eigenvalue weighted by Gasteiger charge is 2.25.